The molecular weight excluding hydrogens is 264 g/mol. The topological polar surface area (TPSA) is 50.2 Å². The van der Waals surface area contributed by atoms with E-state index in [2.05, 4.69) is 40.0 Å². The lowest BCUT2D eigenvalue weighted by atomic mass is 10.1. The monoisotopic (exact) mass is 282 g/mol. The lowest BCUT2D eigenvalue weighted by Gasteiger charge is -2.13. The summed E-state index contributed by atoms with van der Waals surface area (Å²) in [6, 6.07) is 6.27. The third-order valence-electron chi connectivity index (χ3n) is 4.40. The van der Waals surface area contributed by atoms with Crippen LogP contribution in [0.15, 0.2) is 24.4 Å². The fourth-order valence-electron chi connectivity index (χ4n) is 3.19. The van der Waals surface area contributed by atoms with Gasteiger partial charge in [-0.2, -0.15) is 0 Å². The summed E-state index contributed by atoms with van der Waals surface area (Å²) in [6.07, 6.45) is 1.90. The molecule has 5 heteroatoms. The van der Waals surface area contributed by atoms with E-state index in [-0.39, 0.29) is 5.91 Å². The summed E-state index contributed by atoms with van der Waals surface area (Å²) in [5.41, 5.74) is 4.38. The molecule has 3 heterocycles. The first-order valence-electron chi connectivity index (χ1n) is 7.36. The Kier molecular flexibility index (Phi) is 2.82. The van der Waals surface area contributed by atoms with Crippen LogP contribution < -0.4 is 5.32 Å². The number of carbonyl (C=O) groups excluding carboxylic acids is 1. The molecule has 0 fully saturated rings. The highest BCUT2D eigenvalue weighted by molar-refractivity contribution is 5.92. The van der Waals surface area contributed by atoms with E-state index < -0.39 is 0 Å². The smallest absolute Gasteiger partial charge is 0.274 e. The van der Waals surface area contributed by atoms with E-state index in [0.29, 0.717) is 18.8 Å². The van der Waals surface area contributed by atoms with Crippen molar-refractivity contribution in [3.8, 4) is 0 Å². The maximum absolute atomic E-state index is 12.7. The Bertz CT molecular complexity index is 696. The van der Waals surface area contributed by atoms with Crippen molar-refractivity contribution in [3.05, 3.63) is 52.6 Å². The molecule has 2 aromatic rings. The highest BCUT2D eigenvalue weighted by Gasteiger charge is 2.27. The van der Waals surface area contributed by atoms with Gasteiger partial charge in [-0.15, -0.1) is 0 Å². The third kappa shape index (κ3) is 2.05. The largest absolute Gasteiger partial charge is 0.332 e. The first-order valence-corrected chi connectivity index (χ1v) is 7.36. The van der Waals surface area contributed by atoms with Crippen LogP contribution in [0.5, 0.6) is 0 Å². The van der Waals surface area contributed by atoms with Crippen molar-refractivity contribution in [1.82, 2.24) is 19.8 Å². The number of carbonyl (C=O) groups is 1. The van der Waals surface area contributed by atoms with Gasteiger partial charge in [0.25, 0.3) is 5.91 Å². The van der Waals surface area contributed by atoms with Crippen molar-refractivity contribution in [3.63, 3.8) is 0 Å². The molecule has 0 aliphatic carbocycles. The molecule has 0 bridgehead atoms. The minimum Gasteiger partial charge on any atom is -0.332 e. The van der Waals surface area contributed by atoms with E-state index in [1.165, 1.54) is 16.7 Å². The summed E-state index contributed by atoms with van der Waals surface area (Å²) in [6.45, 7) is 6.05. The van der Waals surface area contributed by atoms with Crippen molar-refractivity contribution in [2.24, 2.45) is 0 Å². The molecule has 0 saturated carbocycles. The van der Waals surface area contributed by atoms with Crippen LogP contribution in [0.2, 0.25) is 0 Å². The minimum atomic E-state index is 0.0347. The van der Waals surface area contributed by atoms with Gasteiger partial charge in [0.1, 0.15) is 11.5 Å². The highest BCUT2D eigenvalue weighted by atomic mass is 16.2. The molecule has 2 aliphatic rings. The van der Waals surface area contributed by atoms with Gasteiger partial charge in [0.05, 0.1) is 6.54 Å². The van der Waals surface area contributed by atoms with E-state index in [4.69, 9.17) is 0 Å². The van der Waals surface area contributed by atoms with Crippen LogP contribution in [0.3, 0.4) is 0 Å². The summed E-state index contributed by atoms with van der Waals surface area (Å²) < 4.78 is 2.08. The van der Waals surface area contributed by atoms with Crippen LogP contribution in [0.25, 0.3) is 0 Å². The highest BCUT2D eigenvalue weighted by Crippen LogP contribution is 2.26. The summed E-state index contributed by atoms with van der Waals surface area (Å²) in [5.74, 6) is 0.991. The zero-order valence-electron chi connectivity index (χ0n) is 12.1. The predicted molar refractivity (Wildman–Crippen MR) is 78.7 cm³/mol. The van der Waals surface area contributed by atoms with Gasteiger partial charge in [0.2, 0.25) is 0 Å². The average molecular weight is 282 g/mol. The molecule has 1 amide bonds. The van der Waals surface area contributed by atoms with E-state index in [9.17, 15) is 4.79 Å². The minimum absolute atomic E-state index is 0.0347. The molecule has 21 heavy (non-hydrogen) atoms. The number of rotatable bonds is 1. The Morgan fingerprint density at radius 1 is 1.33 bits per heavy atom. The van der Waals surface area contributed by atoms with Gasteiger partial charge in [0, 0.05) is 32.4 Å². The molecule has 1 aromatic heterocycles. The fraction of sp³-hybridized carbons (Fsp3) is 0.375. The predicted octanol–water partition coefficient (Wildman–Crippen LogP) is 1.45. The Balaban J connectivity index is 1.59. The Labute approximate surface area is 123 Å². The molecule has 0 atom stereocenters. The number of nitrogens with one attached hydrogen (secondary N) is 1. The number of amides is 1. The summed E-state index contributed by atoms with van der Waals surface area (Å²) in [5, 5.41) is 3.28. The number of aryl methyl sites for hydroxylation is 1. The Hall–Kier alpha value is -2.14. The van der Waals surface area contributed by atoms with Crippen LogP contribution in [0, 0.1) is 6.92 Å². The molecule has 2 aliphatic heterocycles. The van der Waals surface area contributed by atoms with Crippen LogP contribution in [0.4, 0.5) is 0 Å². The quantitative estimate of drug-likeness (QED) is 0.861. The van der Waals surface area contributed by atoms with Crippen LogP contribution in [0.1, 0.15) is 33.0 Å². The maximum atomic E-state index is 12.7. The summed E-state index contributed by atoms with van der Waals surface area (Å²) in [7, 11) is 0. The number of fused-ring (bicyclic) bond motifs is 2. The van der Waals surface area contributed by atoms with Gasteiger partial charge in [-0.05, 0) is 23.6 Å². The second kappa shape index (κ2) is 4.70. The molecule has 108 valence electrons. The maximum Gasteiger partial charge on any atom is 0.274 e. The molecule has 1 N–H and O–H groups in total. The van der Waals surface area contributed by atoms with E-state index >= 15 is 0 Å². The zero-order valence-corrected chi connectivity index (χ0v) is 12.1. The number of aromatic nitrogens is 2. The van der Waals surface area contributed by atoms with Gasteiger partial charge in [-0.3, -0.25) is 4.79 Å². The number of nitrogens with zero attached hydrogens (tertiary/aromatic N) is 3. The lowest BCUT2D eigenvalue weighted by Crippen LogP contribution is -2.27. The van der Waals surface area contributed by atoms with Gasteiger partial charge in [-0.1, -0.05) is 18.2 Å². The standard InChI is InChI=1S/C16H18N4O/c1-11-3-2-4-12-8-20(9-13(11)12)16(21)14-10-19-6-5-17-7-15(19)18-14/h2-4,10,17H,5-9H2,1H3. The number of hydrogen-bond acceptors (Lipinski definition) is 3. The summed E-state index contributed by atoms with van der Waals surface area (Å²) in [4.78, 5) is 19.1. The number of hydrogen-bond donors (Lipinski definition) is 1. The number of imidazole rings is 1. The SMILES string of the molecule is Cc1cccc2c1CN(C(=O)c1cn3c(n1)CNCC3)C2. The molecule has 4 rings (SSSR count). The van der Waals surface area contributed by atoms with E-state index in [1.54, 1.807) is 0 Å². The Morgan fingerprint density at radius 2 is 2.24 bits per heavy atom. The second-order valence-corrected chi connectivity index (χ2v) is 5.79. The van der Waals surface area contributed by atoms with Crippen molar-refractivity contribution in [1.29, 1.82) is 0 Å². The van der Waals surface area contributed by atoms with Crippen LogP contribution >= 0.6 is 0 Å². The van der Waals surface area contributed by atoms with Gasteiger partial charge in [-0.25, -0.2) is 4.98 Å². The first-order chi connectivity index (χ1) is 10.2. The zero-order chi connectivity index (χ0) is 14.4. The first kappa shape index (κ1) is 12.6. The fourth-order valence-corrected chi connectivity index (χ4v) is 3.19. The van der Waals surface area contributed by atoms with Crippen LogP contribution in [-0.4, -0.2) is 26.9 Å². The molecule has 0 radical (unpaired) electrons. The molecule has 0 unspecified atom stereocenters. The molecule has 0 saturated heterocycles. The van der Waals surface area contributed by atoms with Gasteiger partial charge >= 0.3 is 0 Å². The lowest BCUT2D eigenvalue weighted by molar-refractivity contribution is 0.0745. The van der Waals surface area contributed by atoms with Crippen LogP contribution in [-0.2, 0) is 26.2 Å². The molecule has 1 aromatic carbocycles. The number of benzene rings is 1. The van der Waals surface area contributed by atoms with Crippen molar-refractivity contribution in [2.45, 2.75) is 33.1 Å². The van der Waals surface area contributed by atoms with E-state index in [1.807, 2.05) is 11.1 Å². The molecule has 0 spiro atoms. The second-order valence-electron chi connectivity index (χ2n) is 5.79. The average Bonchev–Trinajstić information content (AvgIpc) is 3.11. The van der Waals surface area contributed by atoms with Crippen molar-refractivity contribution >= 4 is 5.91 Å². The van der Waals surface area contributed by atoms with E-state index in [0.717, 1.165) is 25.5 Å². The van der Waals surface area contributed by atoms with Crippen molar-refractivity contribution in [2.75, 3.05) is 6.54 Å². The van der Waals surface area contributed by atoms with Gasteiger partial charge in [0.15, 0.2) is 0 Å². The molecule has 5 nitrogen and oxygen atoms in total. The third-order valence-corrected chi connectivity index (χ3v) is 4.40. The van der Waals surface area contributed by atoms with Crippen molar-refractivity contribution < 1.29 is 4.79 Å². The normalized spacial score (nSPS) is 16.7. The Morgan fingerprint density at radius 3 is 3.05 bits per heavy atom. The molecular formula is C16H18N4O. The summed E-state index contributed by atoms with van der Waals surface area (Å²) >= 11 is 0. The van der Waals surface area contributed by atoms with Gasteiger partial charge < -0.3 is 14.8 Å².